The summed E-state index contributed by atoms with van der Waals surface area (Å²) in [7, 11) is 0. The van der Waals surface area contributed by atoms with Crippen LogP contribution in [-0.4, -0.2) is 22.7 Å². The van der Waals surface area contributed by atoms with Crippen molar-refractivity contribution < 1.29 is 5.11 Å². The minimum absolute atomic E-state index is 0.111. The monoisotopic (exact) mass is 226 g/mol. The summed E-state index contributed by atoms with van der Waals surface area (Å²) in [5, 5.41) is 14.0. The van der Waals surface area contributed by atoms with Crippen LogP contribution < -0.4 is 5.32 Å². The number of nitrogens with zero attached hydrogens (tertiary/aromatic N) is 1. The molecule has 84 valence electrons. The molecule has 2 atom stereocenters. The molecule has 4 heteroatoms. The van der Waals surface area contributed by atoms with Crippen molar-refractivity contribution in [1.82, 2.24) is 4.98 Å². The van der Waals surface area contributed by atoms with Crippen LogP contribution in [0.2, 0.25) is 0 Å². The Morgan fingerprint density at radius 1 is 1.47 bits per heavy atom. The van der Waals surface area contributed by atoms with Gasteiger partial charge in [0.25, 0.3) is 0 Å². The molecule has 2 N–H and O–H groups in total. The van der Waals surface area contributed by atoms with Gasteiger partial charge in [0, 0.05) is 17.3 Å². The van der Waals surface area contributed by atoms with Gasteiger partial charge in [0.15, 0.2) is 5.13 Å². The highest BCUT2D eigenvalue weighted by Gasteiger charge is 2.24. The number of thiazole rings is 1. The maximum atomic E-state index is 9.67. The first-order chi connectivity index (χ1) is 7.16. The van der Waals surface area contributed by atoms with E-state index in [1.165, 1.54) is 4.88 Å². The fourth-order valence-electron chi connectivity index (χ4n) is 2.02. The summed E-state index contributed by atoms with van der Waals surface area (Å²) in [6.07, 6.45) is 3.14. The number of aliphatic hydroxyl groups is 1. The summed E-state index contributed by atoms with van der Waals surface area (Å²) in [6.45, 7) is 4.97. The lowest BCUT2D eigenvalue weighted by Gasteiger charge is -2.14. The Labute approximate surface area is 94.5 Å². The van der Waals surface area contributed by atoms with Crippen LogP contribution in [0, 0.1) is 19.8 Å². The molecule has 1 heterocycles. The lowest BCUT2D eigenvalue weighted by molar-refractivity contribution is 0.138. The van der Waals surface area contributed by atoms with Gasteiger partial charge in [-0.3, -0.25) is 0 Å². The third-order valence-electron chi connectivity index (χ3n) is 3.16. The van der Waals surface area contributed by atoms with E-state index in [0.29, 0.717) is 5.92 Å². The number of aromatic nitrogens is 1. The third kappa shape index (κ3) is 2.49. The topological polar surface area (TPSA) is 45.2 Å². The van der Waals surface area contributed by atoms with Crippen LogP contribution in [0.1, 0.15) is 29.8 Å². The van der Waals surface area contributed by atoms with Crippen LogP contribution in [-0.2, 0) is 0 Å². The molecule has 0 aromatic carbocycles. The number of rotatable bonds is 3. The molecule has 1 fully saturated rings. The lowest BCUT2D eigenvalue weighted by atomic mass is 10.1. The molecule has 1 aromatic heterocycles. The van der Waals surface area contributed by atoms with E-state index in [2.05, 4.69) is 17.2 Å². The van der Waals surface area contributed by atoms with Gasteiger partial charge in [-0.1, -0.05) is 6.42 Å². The molecular formula is C11H18N2OS. The smallest absolute Gasteiger partial charge is 0.183 e. The third-order valence-corrected chi connectivity index (χ3v) is 4.19. The zero-order valence-corrected chi connectivity index (χ0v) is 10.1. The molecule has 0 radical (unpaired) electrons. The maximum Gasteiger partial charge on any atom is 0.183 e. The number of anilines is 1. The van der Waals surface area contributed by atoms with E-state index < -0.39 is 0 Å². The first-order valence-corrected chi connectivity index (χ1v) is 6.34. The molecule has 15 heavy (non-hydrogen) atoms. The van der Waals surface area contributed by atoms with Gasteiger partial charge in [-0.2, -0.15) is 0 Å². The Kier molecular flexibility index (Phi) is 3.26. The zero-order valence-electron chi connectivity index (χ0n) is 9.29. The van der Waals surface area contributed by atoms with E-state index in [-0.39, 0.29) is 6.10 Å². The van der Waals surface area contributed by atoms with E-state index in [0.717, 1.165) is 36.6 Å². The largest absolute Gasteiger partial charge is 0.393 e. The number of hydrogen-bond acceptors (Lipinski definition) is 4. The average molecular weight is 226 g/mol. The number of aryl methyl sites for hydroxylation is 2. The van der Waals surface area contributed by atoms with E-state index >= 15 is 0 Å². The van der Waals surface area contributed by atoms with Gasteiger partial charge in [-0.05, 0) is 26.7 Å². The van der Waals surface area contributed by atoms with Gasteiger partial charge in [-0.25, -0.2) is 4.98 Å². The second kappa shape index (κ2) is 4.49. The maximum absolute atomic E-state index is 9.67. The number of nitrogens with one attached hydrogen (secondary N) is 1. The molecule has 0 saturated heterocycles. The van der Waals surface area contributed by atoms with Gasteiger partial charge in [0.2, 0.25) is 0 Å². The first-order valence-electron chi connectivity index (χ1n) is 5.53. The van der Waals surface area contributed by atoms with Gasteiger partial charge in [0.1, 0.15) is 0 Å². The van der Waals surface area contributed by atoms with Crippen molar-refractivity contribution in [3.63, 3.8) is 0 Å². The second-order valence-corrected chi connectivity index (χ2v) is 5.50. The number of aliphatic hydroxyl groups excluding tert-OH is 1. The minimum atomic E-state index is -0.111. The summed E-state index contributed by atoms with van der Waals surface area (Å²) in [5.41, 5.74) is 1.11. The van der Waals surface area contributed by atoms with Crippen LogP contribution in [0.15, 0.2) is 0 Å². The quantitative estimate of drug-likeness (QED) is 0.831. The van der Waals surface area contributed by atoms with E-state index in [1.807, 2.05) is 6.92 Å². The van der Waals surface area contributed by atoms with Crippen LogP contribution in [0.5, 0.6) is 0 Å². The molecule has 0 spiro atoms. The van der Waals surface area contributed by atoms with Gasteiger partial charge in [-0.15, -0.1) is 11.3 Å². The van der Waals surface area contributed by atoms with Gasteiger partial charge in [0.05, 0.1) is 11.8 Å². The molecule has 0 bridgehead atoms. The molecule has 1 saturated carbocycles. The van der Waals surface area contributed by atoms with Crippen molar-refractivity contribution in [2.75, 3.05) is 11.9 Å². The number of hydrogen-bond donors (Lipinski definition) is 2. The highest BCUT2D eigenvalue weighted by Crippen LogP contribution is 2.27. The normalized spacial score (nSPS) is 25.8. The van der Waals surface area contributed by atoms with Crippen molar-refractivity contribution >= 4 is 16.5 Å². The van der Waals surface area contributed by atoms with E-state index in [9.17, 15) is 5.11 Å². The molecule has 3 nitrogen and oxygen atoms in total. The van der Waals surface area contributed by atoms with Crippen LogP contribution >= 0.6 is 11.3 Å². The van der Waals surface area contributed by atoms with Crippen molar-refractivity contribution in [3.8, 4) is 0 Å². The van der Waals surface area contributed by atoms with Crippen molar-refractivity contribution in [2.24, 2.45) is 5.92 Å². The van der Waals surface area contributed by atoms with Crippen LogP contribution in [0.25, 0.3) is 0 Å². The fourth-order valence-corrected chi connectivity index (χ4v) is 2.84. The van der Waals surface area contributed by atoms with Gasteiger partial charge >= 0.3 is 0 Å². The Morgan fingerprint density at radius 2 is 2.27 bits per heavy atom. The molecule has 1 aliphatic carbocycles. The highest BCUT2D eigenvalue weighted by atomic mass is 32.1. The molecule has 0 aliphatic heterocycles. The van der Waals surface area contributed by atoms with Gasteiger partial charge < -0.3 is 10.4 Å². The summed E-state index contributed by atoms with van der Waals surface area (Å²) in [5.74, 6) is 0.412. The van der Waals surface area contributed by atoms with Crippen LogP contribution in [0.4, 0.5) is 5.13 Å². The predicted octanol–water partition coefficient (Wildman–Crippen LogP) is 2.33. The molecule has 1 aliphatic rings. The van der Waals surface area contributed by atoms with E-state index in [1.54, 1.807) is 11.3 Å². The lowest BCUT2D eigenvalue weighted by Crippen LogP contribution is -2.21. The fraction of sp³-hybridized carbons (Fsp3) is 0.727. The predicted molar refractivity (Wildman–Crippen MR) is 63.4 cm³/mol. The first kappa shape index (κ1) is 10.9. The average Bonchev–Trinajstić information content (AvgIpc) is 2.72. The summed E-state index contributed by atoms with van der Waals surface area (Å²) >= 11 is 1.70. The van der Waals surface area contributed by atoms with Crippen molar-refractivity contribution in [2.45, 2.75) is 39.2 Å². The molecule has 2 rings (SSSR count). The van der Waals surface area contributed by atoms with E-state index in [4.69, 9.17) is 0 Å². The Hall–Kier alpha value is -0.610. The molecular weight excluding hydrogens is 208 g/mol. The van der Waals surface area contributed by atoms with Crippen LogP contribution in [0.3, 0.4) is 0 Å². The van der Waals surface area contributed by atoms with Crippen molar-refractivity contribution in [3.05, 3.63) is 10.6 Å². The Morgan fingerprint density at radius 3 is 2.80 bits per heavy atom. The summed E-state index contributed by atoms with van der Waals surface area (Å²) in [6, 6.07) is 0. The Bertz CT molecular complexity index is 318. The highest BCUT2D eigenvalue weighted by molar-refractivity contribution is 7.15. The second-order valence-electron chi connectivity index (χ2n) is 4.30. The summed E-state index contributed by atoms with van der Waals surface area (Å²) in [4.78, 5) is 5.69. The standard InChI is InChI=1S/C11H18N2OS/c1-7-8(2)15-11(13-7)12-6-9-4-3-5-10(9)14/h9-10,14H,3-6H2,1-2H3,(H,12,13). The SMILES string of the molecule is Cc1nc(NCC2CCCC2O)sc1C. The zero-order chi connectivity index (χ0) is 10.8. The molecule has 1 aromatic rings. The molecule has 0 amide bonds. The minimum Gasteiger partial charge on any atom is -0.393 e. The summed E-state index contributed by atoms with van der Waals surface area (Å²) < 4.78 is 0. The molecule has 2 unspecified atom stereocenters. The Balaban J connectivity index is 1.87. The van der Waals surface area contributed by atoms with Crippen molar-refractivity contribution in [1.29, 1.82) is 0 Å².